The number of benzene rings is 1. The van der Waals surface area contributed by atoms with Crippen molar-refractivity contribution >= 4 is 17.5 Å². The Morgan fingerprint density at radius 3 is 2.71 bits per heavy atom. The van der Waals surface area contributed by atoms with Gasteiger partial charge in [-0.2, -0.15) is 0 Å². The van der Waals surface area contributed by atoms with E-state index in [1.165, 1.54) is 6.42 Å². The van der Waals surface area contributed by atoms with Crippen molar-refractivity contribution in [3.63, 3.8) is 0 Å². The number of nitrogens with zero attached hydrogens (tertiary/aromatic N) is 4. The van der Waals surface area contributed by atoms with Crippen LogP contribution in [0.25, 0.3) is 0 Å². The molecule has 0 N–H and O–H groups in total. The molecule has 1 aliphatic heterocycles. The Morgan fingerprint density at radius 1 is 1.32 bits per heavy atom. The molecular formula is C21H27ClN4O2. The molecule has 2 fully saturated rings. The maximum Gasteiger partial charge on any atom is 0.260 e. The average Bonchev–Trinajstić information content (AvgIpc) is 3.24. The van der Waals surface area contributed by atoms with E-state index in [0.29, 0.717) is 23.2 Å². The van der Waals surface area contributed by atoms with Crippen LogP contribution in [0.5, 0.6) is 5.75 Å². The van der Waals surface area contributed by atoms with Crippen LogP contribution < -0.4 is 4.74 Å². The third kappa shape index (κ3) is 3.75. The first kappa shape index (κ1) is 19.2. The number of aromatic nitrogens is 3. The molecule has 2 aliphatic rings. The zero-order chi connectivity index (χ0) is 19.7. The highest BCUT2D eigenvalue weighted by atomic mass is 35.5. The molecule has 2 aromatic rings. The maximum absolute atomic E-state index is 12.8. The standard InChI is InChI=1S/C21H27ClN4O2/c1-15(2)10-26-14-23-24-20(26)18-11-25(13-21(18)8-3-9-21)19(27)12-28-17-6-4-16(22)5-7-17/h4-7,14-15,18H,3,8-13H2,1-2H3. The summed E-state index contributed by atoms with van der Waals surface area (Å²) in [5.41, 5.74) is 0.150. The molecule has 1 saturated carbocycles. The molecule has 1 aromatic carbocycles. The maximum atomic E-state index is 12.8. The third-order valence-corrected chi connectivity index (χ3v) is 6.30. The zero-order valence-electron chi connectivity index (χ0n) is 16.5. The number of carbonyl (C=O) groups is 1. The summed E-state index contributed by atoms with van der Waals surface area (Å²) >= 11 is 5.90. The van der Waals surface area contributed by atoms with Crippen LogP contribution in [0.1, 0.15) is 44.9 Å². The summed E-state index contributed by atoms with van der Waals surface area (Å²) in [6, 6.07) is 7.09. The minimum Gasteiger partial charge on any atom is -0.484 e. The average molecular weight is 403 g/mol. The van der Waals surface area contributed by atoms with Crippen LogP contribution >= 0.6 is 11.6 Å². The first-order chi connectivity index (χ1) is 13.5. The Labute approximate surface area is 170 Å². The molecule has 150 valence electrons. The quantitative estimate of drug-likeness (QED) is 0.738. The van der Waals surface area contributed by atoms with Gasteiger partial charge in [0.1, 0.15) is 17.9 Å². The fraction of sp³-hybridized carbons (Fsp3) is 0.571. The van der Waals surface area contributed by atoms with Crippen molar-refractivity contribution < 1.29 is 9.53 Å². The Hall–Kier alpha value is -2.08. The van der Waals surface area contributed by atoms with Crippen LogP contribution in [0.15, 0.2) is 30.6 Å². The van der Waals surface area contributed by atoms with Crippen molar-refractivity contribution in [2.45, 2.75) is 45.6 Å². The van der Waals surface area contributed by atoms with Gasteiger partial charge < -0.3 is 14.2 Å². The van der Waals surface area contributed by atoms with Crippen LogP contribution in [0.3, 0.4) is 0 Å². The molecule has 1 unspecified atom stereocenters. The highest BCUT2D eigenvalue weighted by Gasteiger charge is 2.53. The molecule has 0 bridgehead atoms. The first-order valence-corrected chi connectivity index (χ1v) is 10.4. The molecule has 2 heterocycles. The monoisotopic (exact) mass is 402 g/mol. The number of carbonyl (C=O) groups excluding carboxylic acids is 1. The molecule has 6 nitrogen and oxygen atoms in total. The topological polar surface area (TPSA) is 60.2 Å². The molecule has 1 spiro atoms. The first-order valence-electron chi connectivity index (χ1n) is 10.0. The highest BCUT2D eigenvalue weighted by Crippen LogP contribution is 2.55. The van der Waals surface area contributed by atoms with Gasteiger partial charge in [0.25, 0.3) is 5.91 Å². The van der Waals surface area contributed by atoms with E-state index in [0.717, 1.165) is 31.8 Å². The second kappa shape index (κ2) is 7.74. The lowest BCUT2D eigenvalue weighted by Gasteiger charge is -2.42. The largest absolute Gasteiger partial charge is 0.484 e. The Balaban J connectivity index is 1.45. The molecule has 28 heavy (non-hydrogen) atoms. The second-order valence-electron chi connectivity index (χ2n) is 8.52. The third-order valence-electron chi connectivity index (χ3n) is 6.04. The van der Waals surface area contributed by atoms with Crippen molar-refractivity contribution in [2.24, 2.45) is 11.3 Å². The van der Waals surface area contributed by atoms with E-state index in [1.54, 1.807) is 24.3 Å². The van der Waals surface area contributed by atoms with Crippen LogP contribution in [0, 0.1) is 11.3 Å². The minimum absolute atomic E-state index is 0.0265. The van der Waals surface area contributed by atoms with E-state index in [1.807, 2.05) is 11.2 Å². The number of hydrogen-bond donors (Lipinski definition) is 0. The van der Waals surface area contributed by atoms with Crippen molar-refractivity contribution in [1.29, 1.82) is 0 Å². The van der Waals surface area contributed by atoms with Gasteiger partial charge in [-0.15, -0.1) is 10.2 Å². The van der Waals surface area contributed by atoms with Crippen molar-refractivity contribution in [1.82, 2.24) is 19.7 Å². The predicted octanol–water partition coefficient (Wildman–Crippen LogP) is 3.76. The van der Waals surface area contributed by atoms with Crippen molar-refractivity contribution in [3.05, 3.63) is 41.4 Å². The van der Waals surface area contributed by atoms with E-state index in [4.69, 9.17) is 16.3 Å². The predicted molar refractivity (Wildman–Crippen MR) is 107 cm³/mol. The van der Waals surface area contributed by atoms with E-state index < -0.39 is 0 Å². The van der Waals surface area contributed by atoms with Crippen molar-refractivity contribution in [3.8, 4) is 5.75 Å². The van der Waals surface area contributed by atoms with E-state index in [9.17, 15) is 4.79 Å². The summed E-state index contributed by atoms with van der Waals surface area (Å²) in [5, 5.41) is 9.28. The number of ether oxygens (including phenoxy) is 1. The summed E-state index contributed by atoms with van der Waals surface area (Å²) in [6.45, 7) is 6.82. The normalized spacial score (nSPS) is 20.6. The lowest BCUT2D eigenvalue weighted by molar-refractivity contribution is -0.133. The smallest absolute Gasteiger partial charge is 0.260 e. The van der Waals surface area contributed by atoms with E-state index in [-0.39, 0.29) is 23.8 Å². The molecular weight excluding hydrogens is 376 g/mol. The van der Waals surface area contributed by atoms with Gasteiger partial charge in [-0.1, -0.05) is 31.9 Å². The van der Waals surface area contributed by atoms with Crippen LogP contribution in [-0.2, 0) is 11.3 Å². The molecule has 1 aromatic heterocycles. The van der Waals surface area contributed by atoms with Gasteiger partial charge in [0.15, 0.2) is 6.61 Å². The van der Waals surface area contributed by atoms with Gasteiger partial charge in [-0.3, -0.25) is 4.79 Å². The minimum atomic E-state index is 0.0265. The lowest BCUT2D eigenvalue weighted by atomic mass is 9.62. The Kier molecular flexibility index (Phi) is 5.32. The van der Waals surface area contributed by atoms with E-state index in [2.05, 4.69) is 28.6 Å². The second-order valence-corrected chi connectivity index (χ2v) is 8.96. The molecule has 1 aliphatic carbocycles. The zero-order valence-corrected chi connectivity index (χ0v) is 17.2. The summed E-state index contributed by atoms with van der Waals surface area (Å²) in [7, 11) is 0. The van der Waals surface area contributed by atoms with Gasteiger partial charge in [-0.25, -0.2) is 0 Å². The van der Waals surface area contributed by atoms with Gasteiger partial charge in [0, 0.05) is 30.6 Å². The summed E-state index contributed by atoms with van der Waals surface area (Å²) < 4.78 is 7.85. The lowest BCUT2D eigenvalue weighted by Crippen LogP contribution is -2.39. The van der Waals surface area contributed by atoms with Gasteiger partial charge in [0.2, 0.25) is 0 Å². The van der Waals surface area contributed by atoms with Gasteiger partial charge in [0.05, 0.1) is 0 Å². The number of likely N-dealkylation sites (tertiary alicyclic amines) is 1. The molecule has 1 atom stereocenters. The SMILES string of the molecule is CC(C)Cn1cnnc1C1CN(C(=O)COc2ccc(Cl)cc2)CC12CCC2. The fourth-order valence-corrected chi connectivity index (χ4v) is 4.61. The number of halogens is 1. The highest BCUT2D eigenvalue weighted by molar-refractivity contribution is 6.30. The van der Waals surface area contributed by atoms with Crippen LogP contribution in [-0.4, -0.2) is 45.3 Å². The van der Waals surface area contributed by atoms with Gasteiger partial charge >= 0.3 is 0 Å². The number of rotatable bonds is 6. The Bertz CT molecular complexity index is 829. The van der Waals surface area contributed by atoms with Gasteiger partial charge in [-0.05, 0) is 48.4 Å². The molecule has 4 rings (SSSR count). The number of hydrogen-bond acceptors (Lipinski definition) is 4. The van der Waals surface area contributed by atoms with Crippen molar-refractivity contribution in [2.75, 3.05) is 19.7 Å². The Morgan fingerprint density at radius 2 is 2.07 bits per heavy atom. The molecule has 7 heteroatoms. The van der Waals surface area contributed by atoms with Crippen LogP contribution in [0.4, 0.5) is 0 Å². The van der Waals surface area contributed by atoms with Crippen LogP contribution in [0.2, 0.25) is 5.02 Å². The summed E-state index contributed by atoms with van der Waals surface area (Å²) in [4.78, 5) is 14.8. The fourth-order valence-electron chi connectivity index (χ4n) is 4.49. The summed E-state index contributed by atoms with van der Waals surface area (Å²) in [6.07, 6.45) is 5.34. The summed E-state index contributed by atoms with van der Waals surface area (Å²) in [5.74, 6) is 2.49. The van der Waals surface area contributed by atoms with E-state index >= 15 is 0 Å². The molecule has 0 radical (unpaired) electrons. The number of amides is 1. The molecule has 1 amide bonds. The molecule has 1 saturated heterocycles.